The summed E-state index contributed by atoms with van der Waals surface area (Å²) in [5.41, 5.74) is 0.190. The van der Waals surface area contributed by atoms with Crippen LogP contribution in [0.1, 0.15) is 19.8 Å². The monoisotopic (exact) mass is 310 g/mol. The average Bonchev–Trinajstić information content (AvgIpc) is 2.21. The lowest BCUT2D eigenvalue weighted by Gasteiger charge is -2.23. The summed E-state index contributed by atoms with van der Waals surface area (Å²) >= 11 is 0. The van der Waals surface area contributed by atoms with Crippen molar-refractivity contribution in [3.8, 4) is 0 Å². The lowest BCUT2D eigenvalue weighted by Crippen LogP contribution is -2.46. The van der Waals surface area contributed by atoms with Crippen molar-refractivity contribution < 1.29 is 40.4 Å². The number of aliphatic hydroxyl groups is 1. The maximum absolute atomic E-state index is 13.0. The summed E-state index contributed by atoms with van der Waals surface area (Å²) < 4.78 is 84.3. The van der Waals surface area contributed by atoms with Crippen LogP contribution >= 0.6 is 0 Å². The molecule has 0 aromatic heterocycles. The van der Waals surface area contributed by atoms with Gasteiger partial charge in [-0.2, -0.15) is 26.0 Å². The second-order valence-corrected chi connectivity index (χ2v) is 5.33. The fraction of sp³-hybridized carbons (Fsp3) is 0.778. The van der Waals surface area contributed by atoms with Crippen LogP contribution in [0.2, 0.25) is 0 Å². The van der Waals surface area contributed by atoms with Crippen LogP contribution in [0.3, 0.4) is 0 Å². The molecule has 0 rings (SSSR count). The fourth-order valence-electron chi connectivity index (χ4n) is 0.966. The van der Waals surface area contributed by atoms with Crippen molar-refractivity contribution in [2.75, 3.05) is 6.61 Å². The third-order valence-corrected chi connectivity index (χ3v) is 3.03. The Hall–Kier alpha value is -0.710. The molecule has 0 spiro atoms. The molecule has 1 unspecified atom stereocenters. The van der Waals surface area contributed by atoms with Crippen LogP contribution in [0.5, 0.6) is 0 Å². The Kier molecular flexibility index (Phi) is 5.93. The lowest BCUT2D eigenvalue weighted by atomic mass is 10.2. The molecule has 0 saturated heterocycles. The molecule has 19 heavy (non-hydrogen) atoms. The molecule has 0 saturated carbocycles. The van der Waals surface area contributed by atoms with Crippen LogP contribution < -0.4 is 0 Å². The number of halogens is 4. The largest absolute Gasteiger partial charge is 0.431 e. The molecule has 0 aromatic rings. The smallest absolute Gasteiger partial charge is 0.364 e. The first kappa shape index (κ1) is 18.3. The summed E-state index contributed by atoms with van der Waals surface area (Å²) in [6, 6.07) is 0. The minimum atomic E-state index is -6.21. The molecule has 0 amide bonds. The molecular weight excluding hydrogens is 296 g/mol. The second-order valence-electron chi connectivity index (χ2n) is 3.87. The highest BCUT2D eigenvalue weighted by Crippen LogP contribution is 2.41. The topological polar surface area (TPSA) is 83.8 Å². The number of rotatable bonds is 8. The lowest BCUT2D eigenvalue weighted by molar-refractivity contribution is -0.168. The van der Waals surface area contributed by atoms with Crippen LogP contribution in [-0.4, -0.2) is 42.2 Å². The van der Waals surface area contributed by atoms with E-state index in [1.807, 2.05) is 0 Å². The zero-order valence-electron chi connectivity index (χ0n) is 9.95. The van der Waals surface area contributed by atoms with Crippen LogP contribution in [0, 0.1) is 0 Å². The van der Waals surface area contributed by atoms with Crippen molar-refractivity contribution in [1.29, 1.82) is 0 Å². The van der Waals surface area contributed by atoms with E-state index in [4.69, 9.17) is 9.66 Å². The molecule has 114 valence electrons. The van der Waals surface area contributed by atoms with E-state index in [9.17, 15) is 26.0 Å². The van der Waals surface area contributed by atoms with Gasteiger partial charge in [-0.3, -0.25) is 4.55 Å². The van der Waals surface area contributed by atoms with Crippen molar-refractivity contribution in [3.63, 3.8) is 0 Å². The van der Waals surface area contributed by atoms with E-state index in [-0.39, 0.29) is 5.57 Å². The molecule has 2 N–H and O–H groups in total. The summed E-state index contributed by atoms with van der Waals surface area (Å²) in [6.45, 7) is 4.18. The van der Waals surface area contributed by atoms with E-state index in [1.165, 1.54) is 6.92 Å². The average molecular weight is 310 g/mol. The minimum absolute atomic E-state index is 0.190. The van der Waals surface area contributed by atoms with E-state index in [0.717, 1.165) is 0 Å². The van der Waals surface area contributed by atoms with Gasteiger partial charge in [-0.25, -0.2) is 0 Å². The normalized spacial score (nSPS) is 15.3. The quantitative estimate of drug-likeness (QED) is 0.235. The number of hydrogen-bond acceptors (Lipinski definition) is 4. The third-order valence-electron chi connectivity index (χ3n) is 2.08. The number of ether oxygens (including phenoxy) is 1. The first-order valence-corrected chi connectivity index (χ1v) is 6.44. The fourth-order valence-corrected chi connectivity index (χ4v) is 1.45. The highest BCUT2D eigenvalue weighted by atomic mass is 32.2. The summed E-state index contributed by atoms with van der Waals surface area (Å²) in [7, 11) is -6.21. The number of aliphatic hydroxyl groups excluding tert-OH is 1. The molecule has 1 atom stereocenters. The van der Waals surface area contributed by atoms with Crippen molar-refractivity contribution >= 4 is 10.1 Å². The van der Waals surface area contributed by atoms with E-state index in [0.29, 0.717) is 0 Å². The first-order valence-electron chi connectivity index (χ1n) is 5.00. The summed E-state index contributed by atoms with van der Waals surface area (Å²) in [4.78, 5) is 0. The Morgan fingerprint density at radius 1 is 1.37 bits per heavy atom. The minimum Gasteiger partial charge on any atom is -0.364 e. The maximum atomic E-state index is 13.0. The molecule has 0 fully saturated rings. The predicted octanol–water partition coefficient (Wildman–Crippen LogP) is 1.79. The Morgan fingerprint density at radius 3 is 2.21 bits per heavy atom. The van der Waals surface area contributed by atoms with Crippen molar-refractivity contribution in [3.05, 3.63) is 12.2 Å². The Labute approximate surface area is 107 Å². The Bertz CT molecular complexity index is 420. The van der Waals surface area contributed by atoms with Crippen molar-refractivity contribution in [1.82, 2.24) is 0 Å². The van der Waals surface area contributed by atoms with E-state index in [1.54, 1.807) is 0 Å². The van der Waals surface area contributed by atoms with Gasteiger partial charge in [0.2, 0.25) is 0 Å². The van der Waals surface area contributed by atoms with Gasteiger partial charge in [-0.15, -0.1) is 0 Å². The standard InChI is InChI=1S/C9H14F4O5S/c1-6(2)7(14)18-5-3-4-8(10,11)9(12,13)19(15,16)17/h7,14H,1,3-5H2,2H3,(H,15,16,17). The summed E-state index contributed by atoms with van der Waals surface area (Å²) in [6.07, 6.45) is -3.61. The van der Waals surface area contributed by atoms with E-state index < -0.39 is 47.0 Å². The highest BCUT2D eigenvalue weighted by Gasteiger charge is 2.64. The van der Waals surface area contributed by atoms with Gasteiger partial charge in [0, 0.05) is 6.42 Å². The molecule has 5 nitrogen and oxygen atoms in total. The Balaban J connectivity index is 4.45. The van der Waals surface area contributed by atoms with E-state index in [2.05, 4.69) is 11.3 Å². The van der Waals surface area contributed by atoms with Crippen LogP contribution in [-0.2, 0) is 14.9 Å². The van der Waals surface area contributed by atoms with Crippen LogP contribution in [0.4, 0.5) is 17.6 Å². The van der Waals surface area contributed by atoms with Crippen molar-refractivity contribution in [2.45, 2.75) is 37.2 Å². The van der Waals surface area contributed by atoms with Gasteiger partial charge in [-0.05, 0) is 18.9 Å². The number of hydrogen-bond donors (Lipinski definition) is 2. The molecule has 10 heteroatoms. The van der Waals surface area contributed by atoms with E-state index >= 15 is 0 Å². The predicted molar refractivity (Wildman–Crippen MR) is 57.4 cm³/mol. The zero-order valence-corrected chi connectivity index (χ0v) is 10.8. The van der Waals surface area contributed by atoms with Gasteiger partial charge in [0.1, 0.15) is 0 Å². The zero-order chi connectivity index (χ0) is 15.5. The first-order chi connectivity index (χ1) is 8.33. The van der Waals surface area contributed by atoms with Crippen molar-refractivity contribution in [2.24, 2.45) is 0 Å². The molecule has 0 aromatic carbocycles. The molecule has 0 heterocycles. The Morgan fingerprint density at radius 2 is 1.84 bits per heavy atom. The second kappa shape index (κ2) is 6.16. The molecule has 0 aliphatic carbocycles. The molecule has 0 radical (unpaired) electrons. The molecule has 0 bridgehead atoms. The van der Waals surface area contributed by atoms with Gasteiger partial charge < -0.3 is 9.84 Å². The van der Waals surface area contributed by atoms with Gasteiger partial charge in [0.15, 0.2) is 6.29 Å². The molecule has 0 aliphatic heterocycles. The van der Waals surface area contributed by atoms with Crippen LogP contribution in [0.25, 0.3) is 0 Å². The van der Waals surface area contributed by atoms with Gasteiger partial charge in [-0.1, -0.05) is 6.58 Å². The summed E-state index contributed by atoms with van der Waals surface area (Å²) in [5, 5.41) is 3.48. The summed E-state index contributed by atoms with van der Waals surface area (Å²) in [5.74, 6) is -4.95. The van der Waals surface area contributed by atoms with Gasteiger partial charge in [0.25, 0.3) is 0 Å². The van der Waals surface area contributed by atoms with Crippen LogP contribution in [0.15, 0.2) is 12.2 Å². The maximum Gasteiger partial charge on any atom is 0.431 e. The number of alkyl halides is 4. The third kappa shape index (κ3) is 4.71. The molecule has 0 aliphatic rings. The van der Waals surface area contributed by atoms with Gasteiger partial charge in [0.05, 0.1) is 6.61 Å². The molecular formula is C9H14F4O5S. The highest BCUT2D eigenvalue weighted by molar-refractivity contribution is 7.87. The SMILES string of the molecule is C=C(C)C(O)OCCCC(F)(F)C(F)(F)S(=O)(=O)O. The van der Waals surface area contributed by atoms with Gasteiger partial charge >= 0.3 is 21.3 Å².